The van der Waals surface area contributed by atoms with E-state index in [0.29, 0.717) is 5.89 Å². The first-order valence-electron chi connectivity index (χ1n) is 7.21. The Morgan fingerprint density at radius 1 is 1.25 bits per heavy atom. The number of piperidine rings is 1. The van der Waals surface area contributed by atoms with Crippen molar-refractivity contribution in [2.45, 2.75) is 31.8 Å². The van der Waals surface area contributed by atoms with E-state index in [4.69, 9.17) is 4.42 Å². The summed E-state index contributed by atoms with van der Waals surface area (Å²) in [6, 6.07) is 10.2. The second kappa shape index (κ2) is 6.20. The largest absolute Gasteiger partial charge is 0.444 e. The van der Waals surface area contributed by atoms with Gasteiger partial charge in [0.2, 0.25) is 5.89 Å². The average Bonchev–Trinajstić information content (AvgIpc) is 2.97. The lowest BCUT2D eigenvalue weighted by Crippen LogP contribution is -2.41. The van der Waals surface area contributed by atoms with E-state index in [9.17, 15) is 5.11 Å². The summed E-state index contributed by atoms with van der Waals surface area (Å²) in [7, 11) is 0. The van der Waals surface area contributed by atoms with Crippen LogP contribution in [0.15, 0.2) is 41.0 Å². The van der Waals surface area contributed by atoms with Gasteiger partial charge in [-0.2, -0.15) is 0 Å². The Hall–Kier alpha value is -1.65. The van der Waals surface area contributed by atoms with Crippen LogP contribution in [0.1, 0.15) is 25.0 Å². The predicted octanol–water partition coefficient (Wildman–Crippen LogP) is 2.69. The van der Waals surface area contributed by atoms with Crippen LogP contribution in [0.3, 0.4) is 0 Å². The Morgan fingerprint density at radius 3 is 2.90 bits per heavy atom. The molecule has 1 aliphatic heterocycles. The van der Waals surface area contributed by atoms with E-state index in [1.54, 1.807) is 6.26 Å². The molecule has 0 radical (unpaired) electrons. The van der Waals surface area contributed by atoms with Crippen molar-refractivity contribution >= 4 is 0 Å². The monoisotopic (exact) mass is 272 g/mol. The van der Waals surface area contributed by atoms with Gasteiger partial charge in [-0.1, -0.05) is 24.6 Å². The Bertz CT molecular complexity index is 538. The number of oxazole rings is 1. The number of hydrogen-bond donors (Lipinski definition) is 1. The molecule has 2 aromatic rings. The quantitative estimate of drug-likeness (QED) is 0.929. The highest BCUT2D eigenvalue weighted by molar-refractivity contribution is 5.52. The van der Waals surface area contributed by atoms with Crippen LogP contribution >= 0.6 is 0 Å². The molecule has 1 aliphatic rings. The number of likely N-dealkylation sites (tertiary alicyclic amines) is 1. The van der Waals surface area contributed by atoms with E-state index in [2.05, 4.69) is 9.88 Å². The number of aliphatic hydroxyl groups is 1. The Labute approximate surface area is 119 Å². The highest BCUT2D eigenvalue weighted by Crippen LogP contribution is 2.22. The van der Waals surface area contributed by atoms with Crippen LogP contribution in [0.2, 0.25) is 0 Å². The van der Waals surface area contributed by atoms with Gasteiger partial charge in [0.1, 0.15) is 6.26 Å². The topological polar surface area (TPSA) is 49.5 Å². The van der Waals surface area contributed by atoms with Crippen molar-refractivity contribution in [2.75, 3.05) is 13.2 Å². The third-order valence-electron chi connectivity index (χ3n) is 3.90. The summed E-state index contributed by atoms with van der Waals surface area (Å²) in [6.07, 6.45) is 5.20. The first kappa shape index (κ1) is 13.3. The predicted molar refractivity (Wildman–Crippen MR) is 77.1 cm³/mol. The molecule has 20 heavy (non-hydrogen) atoms. The maximum Gasteiger partial charge on any atom is 0.226 e. The van der Waals surface area contributed by atoms with Crippen molar-refractivity contribution in [3.8, 4) is 11.5 Å². The molecule has 1 fully saturated rings. The highest BCUT2D eigenvalue weighted by atomic mass is 16.3. The number of aliphatic hydroxyl groups excluding tert-OH is 1. The molecule has 4 nitrogen and oxygen atoms in total. The van der Waals surface area contributed by atoms with Gasteiger partial charge < -0.3 is 9.52 Å². The lowest BCUT2D eigenvalue weighted by Gasteiger charge is -2.33. The van der Waals surface area contributed by atoms with Crippen molar-refractivity contribution in [2.24, 2.45) is 0 Å². The van der Waals surface area contributed by atoms with E-state index < -0.39 is 0 Å². The zero-order chi connectivity index (χ0) is 13.8. The molecule has 0 spiro atoms. The van der Waals surface area contributed by atoms with Crippen LogP contribution in [0.4, 0.5) is 0 Å². The Balaban J connectivity index is 1.71. The summed E-state index contributed by atoms with van der Waals surface area (Å²) in [5.74, 6) is 0.665. The molecule has 0 saturated carbocycles. The zero-order valence-corrected chi connectivity index (χ0v) is 11.5. The fourth-order valence-electron chi connectivity index (χ4n) is 2.78. The van der Waals surface area contributed by atoms with Gasteiger partial charge in [-0.15, -0.1) is 0 Å². The van der Waals surface area contributed by atoms with E-state index in [0.717, 1.165) is 30.8 Å². The number of nitrogens with zero attached hydrogens (tertiary/aromatic N) is 2. The normalized spacial score (nSPS) is 20.1. The first-order valence-corrected chi connectivity index (χ1v) is 7.21. The molecular formula is C16H20N2O2. The lowest BCUT2D eigenvalue weighted by atomic mass is 10.0. The third kappa shape index (κ3) is 2.92. The summed E-state index contributed by atoms with van der Waals surface area (Å²) in [5.41, 5.74) is 1.93. The molecule has 0 aliphatic carbocycles. The molecule has 4 heteroatoms. The van der Waals surface area contributed by atoms with Crippen LogP contribution in [0.25, 0.3) is 11.5 Å². The molecule has 0 amide bonds. The lowest BCUT2D eigenvalue weighted by molar-refractivity contribution is 0.0830. The Kier molecular flexibility index (Phi) is 4.14. The van der Waals surface area contributed by atoms with Crippen LogP contribution in [0.5, 0.6) is 0 Å². The van der Waals surface area contributed by atoms with E-state index >= 15 is 0 Å². The summed E-state index contributed by atoms with van der Waals surface area (Å²) in [6.45, 7) is 2.00. The molecular weight excluding hydrogens is 252 g/mol. The molecule has 1 unspecified atom stereocenters. The number of rotatable bonds is 4. The van der Waals surface area contributed by atoms with E-state index in [1.807, 2.05) is 30.3 Å². The maximum absolute atomic E-state index is 9.44. The second-order valence-electron chi connectivity index (χ2n) is 5.31. The van der Waals surface area contributed by atoms with Crippen LogP contribution in [-0.4, -0.2) is 34.2 Å². The molecule has 2 heterocycles. The van der Waals surface area contributed by atoms with Gasteiger partial charge in [-0.3, -0.25) is 4.90 Å². The van der Waals surface area contributed by atoms with Gasteiger partial charge in [-0.05, 0) is 31.5 Å². The van der Waals surface area contributed by atoms with Gasteiger partial charge >= 0.3 is 0 Å². The van der Waals surface area contributed by atoms with Crippen molar-refractivity contribution in [3.05, 3.63) is 42.3 Å². The van der Waals surface area contributed by atoms with Crippen LogP contribution < -0.4 is 0 Å². The molecule has 1 aromatic heterocycles. The fraction of sp³-hybridized carbons (Fsp3) is 0.438. The second-order valence-corrected chi connectivity index (χ2v) is 5.31. The van der Waals surface area contributed by atoms with Crippen LogP contribution in [-0.2, 0) is 6.54 Å². The molecule has 1 atom stereocenters. The van der Waals surface area contributed by atoms with Crippen molar-refractivity contribution in [1.82, 2.24) is 9.88 Å². The van der Waals surface area contributed by atoms with E-state index in [-0.39, 0.29) is 12.6 Å². The van der Waals surface area contributed by atoms with E-state index in [1.165, 1.54) is 12.8 Å². The first-order chi connectivity index (χ1) is 9.86. The summed E-state index contributed by atoms with van der Waals surface area (Å²) < 4.78 is 5.56. The minimum Gasteiger partial charge on any atom is -0.444 e. The standard InChI is InChI=1S/C16H20N2O2/c19-11-15-8-4-5-9-18(15)10-14-12-20-16(17-14)13-6-2-1-3-7-13/h1-3,6-7,12,15,19H,4-5,8-11H2. The van der Waals surface area contributed by atoms with Gasteiger partial charge in [0, 0.05) is 18.2 Å². The smallest absolute Gasteiger partial charge is 0.226 e. The fourth-order valence-corrected chi connectivity index (χ4v) is 2.78. The summed E-state index contributed by atoms with van der Waals surface area (Å²) in [5, 5.41) is 9.44. The van der Waals surface area contributed by atoms with Crippen LogP contribution in [0, 0.1) is 0 Å². The molecule has 106 valence electrons. The minimum absolute atomic E-state index is 0.226. The van der Waals surface area contributed by atoms with Crippen molar-refractivity contribution < 1.29 is 9.52 Å². The Morgan fingerprint density at radius 2 is 2.10 bits per heavy atom. The minimum atomic E-state index is 0.226. The number of benzene rings is 1. The summed E-state index contributed by atoms with van der Waals surface area (Å²) in [4.78, 5) is 6.86. The number of aromatic nitrogens is 1. The third-order valence-corrected chi connectivity index (χ3v) is 3.90. The SMILES string of the molecule is OCC1CCCCN1Cc1coc(-c2ccccc2)n1. The highest BCUT2D eigenvalue weighted by Gasteiger charge is 2.22. The van der Waals surface area contributed by atoms with Gasteiger partial charge in [0.15, 0.2) is 0 Å². The average molecular weight is 272 g/mol. The summed E-state index contributed by atoms with van der Waals surface area (Å²) >= 11 is 0. The van der Waals surface area contributed by atoms with Gasteiger partial charge in [0.25, 0.3) is 0 Å². The van der Waals surface area contributed by atoms with Gasteiger partial charge in [-0.25, -0.2) is 4.98 Å². The maximum atomic E-state index is 9.44. The molecule has 0 bridgehead atoms. The molecule has 1 aromatic carbocycles. The van der Waals surface area contributed by atoms with Crippen molar-refractivity contribution in [3.63, 3.8) is 0 Å². The molecule has 1 N–H and O–H groups in total. The molecule has 3 rings (SSSR count). The van der Waals surface area contributed by atoms with Crippen molar-refractivity contribution in [1.29, 1.82) is 0 Å². The molecule has 1 saturated heterocycles. The number of hydrogen-bond acceptors (Lipinski definition) is 4. The van der Waals surface area contributed by atoms with Gasteiger partial charge in [0.05, 0.1) is 12.3 Å². The zero-order valence-electron chi connectivity index (χ0n) is 11.5.